The lowest BCUT2D eigenvalue weighted by Gasteiger charge is -2.16. The number of nitrogen functional groups attached to an aromatic ring is 1. The molecule has 0 aliphatic carbocycles. The van der Waals surface area contributed by atoms with Crippen LogP contribution >= 0.6 is 0 Å². The lowest BCUT2D eigenvalue weighted by atomic mass is 10.1. The average Bonchev–Trinajstić information content (AvgIpc) is 2.79. The van der Waals surface area contributed by atoms with Crippen LogP contribution in [0, 0.1) is 0 Å². The van der Waals surface area contributed by atoms with Gasteiger partial charge in [-0.1, -0.05) is 12.1 Å². The Morgan fingerprint density at radius 2 is 1.74 bits per heavy atom. The van der Waals surface area contributed by atoms with Gasteiger partial charge in [-0.25, -0.2) is 14.8 Å². The fourth-order valence-corrected chi connectivity index (χ4v) is 3.29. The minimum absolute atomic E-state index is 0.0612. The summed E-state index contributed by atoms with van der Waals surface area (Å²) in [6, 6.07) is 12.0. The second-order valence-electron chi connectivity index (χ2n) is 7.20. The fraction of sp³-hybridized carbons (Fsp3) is 0.0909. The number of benzene rings is 2. The molecule has 4 aromatic rings. The number of pyridine rings is 1. The number of nitrogens with two attached hydrogens (primary N) is 1. The summed E-state index contributed by atoms with van der Waals surface area (Å²) in [5.41, 5.74) is 6.51. The Morgan fingerprint density at radius 1 is 1.03 bits per heavy atom. The van der Waals surface area contributed by atoms with Crippen LogP contribution in [-0.4, -0.2) is 31.8 Å². The zero-order valence-corrected chi connectivity index (χ0v) is 17.2. The van der Waals surface area contributed by atoms with E-state index >= 15 is 0 Å². The van der Waals surface area contributed by atoms with Crippen LogP contribution in [0.1, 0.15) is 11.7 Å². The Balaban J connectivity index is 1.50. The first-order chi connectivity index (χ1) is 16.1. The third-order valence-electron chi connectivity index (χ3n) is 4.88. The van der Waals surface area contributed by atoms with Crippen LogP contribution in [0.2, 0.25) is 0 Å². The summed E-state index contributed by atoms with van der Waals surface area (Å²) in [5.74, 6) is 0.0612. The predicted molar refractivity (Wildman–Crippen MR) is 120 cm³/mol. The molecule has 2 amide bonds. The van der Waals surface area contributed by atoms with Crippen molar-refractivity contribution in [1.82, 2.24) is 14.5 Å². The summed E-state index contributed by atoms with van der Waals surface area (Å²) in [6.07, 6.45) is -4.70. The van der Waals surface area contributed by atoms with E-state index in [2.05, 4.69) is 20.6 Å². The molecule has 0 saturated heterocycles. The fourth-order valence-electron chi connectivity index (χ4n) is 3.29. The molecule has 1 unspecified atom stereocenters. The van der Waals surface area contributed by atoms with E-state index in [1.54, 1.807) is 28.8 Å². The molecule has 0 spiro atoms. The van der Waals surface area contributed by atoms with Gasteiger partial charge in [0.2, 0.25) is 0 Å². The Labute approximate surface area is 189 Å². The second-order valence-corrected chi connectivity index (χ2v) is 7.20. The quantitative estimate of drug-likeness (QED) is 0.360. The largest absolute Gasteiger partial charge is 0.418 e. The lowest BCUT2D eigenvalue weighted by Crippen LogP contribution is -2.21. The van der Waals surface area contributed by atoms with Crippen molar-refractivity contribution in [3.8, 4) is 5.69 Å². The number of alkyl halides is 3. The number of nitrogens with one attached hydrogen (secondary N) is 2. The first kappa shape index (κ1) is 22.7. The van der Waals surface area contributed by atoms with E-state index in [1.807, 2.05) is 0 Å². The molecule has 9 nitrogen and oxygen atoms in total. The Morgan fingerprint density at radius 3 is 2.44 bits per heavy atom. The van der Waals surface area contributed by atoms with Gasteiger partial charge in [0.15, 0.2) is 17.2 Å². The maximum Gasteiger partial charge on any atom is 0.418 e. The van der Waals surface area contributed by atoms with Crippen LogP contribution in [0.4, 0.5) is 35.2 Å². The number of carbonyl (C=O) groups excluding carboxylic acids is 1. The molecule has 2 heterocycles. The molecule has 0 fully saturated rings. The highest BCUT2D eigenvalue weighted by molar-refractivity contribution is 5.99. The Bertz CT molecular complexity index is 1420. The van der Waals surface area contributed by atoms with Crippen LogP contribution < -0.4 is 21.8 Å². The highest BCUT2D eigenvalue weighted by Crippen LogP contribution is 2.33. The van der Waals surface area contributed by atoms with Gasteiger partial charge in [0, 0.05) is 29.3 Å². The van der Waals surface area contributed by atoms with E-state index in [9.17, 15) is 27.9 Å². The minimum atomic E-state index is -4.82. The van der Waals surface area contributed by atoms with E-state index in [4.69, 9.17) is 5.73 Å². The Hall–Kier alpha value is -4.45. The van der Waals surface area contributed by atoms with E-state index in [0.717, 1.165) is 12.1 Å². The molecule has 4 rings (SSSR count). The maximum absolute atomic E-state index is 12.7. The van der Waals surface area contributed by atoms with E-state index in [0.29, 0.717) is 17.0 Å². The number of aliphatic hydroxyl groups excluding tert-OH is 1. The van der Waals surface area contributed by atoms with Crippen molar-refractivity contribution in [2.75, 3.05) is 16.4 Å². The first-order valence-electron chi connectivity index (χ1n) is 9.78. The molecule has 0 aliphatic rings. The molecule has 0 radical (unpaired) electrons. The lowest BCUT2D eigenvalue weighted by molar-refractivity contribution is -0.206. The zero-order valence-electron chi connectivity index (χ0n) is 17.2. The molecule has 0 saturated carbocycles. The van der Waals surface area contributed by atoms with Gasteiger partial charge in [0.05, 0.1) is 0 Å². The standard InChI is InChI=1S/C22H17F3N6O3/c23-22(24,25)18(33)12-2-1-3-14(10-12)30-21(34)29-13-4-6-15(7-5-13)31-9-8-16(32)17-19(26)27-11-28-20(17)31/h1-11,18,33H,(H2,26,27,28)(H2,29,30,34). The number of rotatable bonds is 4. The molecule has 0 aliphatic heterocycles. The van der Waals surface area contributed by atoms with Gasteiger partial charge < -0.3 is 26.0 Å². The van der Waals surface area contributed by atoms with E-state index in [-0.39, 0.29) is 22.3 Å². The number of nitrogens with zero attached hydrogens (tertiary/aromatic N) is 3. The van der Waals surface area contributed by atoms with Crippen molar-refractivity contribution in [3.05, 3.63) is 82.9 Å². The number of urea groups is 1. The number of hydrogen-bond acceptors (Lipinski definition) is 6. The molecule has 12 heteroatoms. The smallest absolute Gasteiger partial charge is 0.383 e. The molecule has 1 atom stereocenters. The zero-order chi connectivity index (χ0) is 24.5. The third kappa shape index (κ3) is 4.66. The highest BCUT2D eigenvalue weighted by atomic mass is 19.4. The minimum Gasteiger partial charge on any atom is -0.383 e. The topological polar surface area (TPSA) is 135 Å². The van der Waals surface area contributed by atoms with Crippen LogP contribution in [0.3, 0.4) is 0 Å². The van der Waals surface area contributed by atoms with Crippen LogP contribution in [0.5, 0.6) is 0 Å². The van der Waals surface area contributed by atoms with Gasteiger partial charge in [-0.2, -0.15) is 13.2 Å². The van der Waals surface area contributed by atoms with Crippen molar-refractivity contribution in [1.29, 1.82) is 0 Å². The van der Waals surface area contributed by atoms with Crippen LogP contribution in [-0.2, 0) is 0 Å². The normalized spacial score (nSPS) is 12.4. The number of halogens is 3. The monoisotopic (exact) mass is 470 g/mol. The maximum atomic E-state index is 12.7. The molecule has 2 aromatic carbocycles. The molecular weight excluding hydrogens is 453 g/mol. The van der Waals surface area contributed by atoms with Crippen LogP contribution in [0.25, 0.3) is 16.7 Å². The summed E-state index contributed by atoms with van der Waals surface area (Å²) in [4.78, 5) is 32.4. The summed E-state index contributed by atoms with van der Waals surface area (Å²) >= 11 is 0. The second kappa shape index (κ2) is 8.83. The first-order valence-corrected chi connectivity index (χ1v) is 9.78. The number of aromatic nitrogens is 3. The SMILES string of the molecule is Nc1ncnc2c1c(=O)ccn2-c1ccc(NC(=O)Nc2cccc(C(O)C(F)(F)F)c2)cc1. The van der Waals surface area contributed by atoms with Crippen molar-refractivity contribution in [2.24, 2.45) is 0 Å². The molecule has 0 bridgehead atoms. The predicted octanol–water partition coefficient (Wildman–Crippen LogP) is 3.60. The number of fused-ring (bicyclic) bond motifs is 1. The third-order valence-corrected chi connectivity index (χ3v) is 4.88. The molecular formula is C22H17F3N6O3. The highest BCUT2D eigenvalue weighted by Gasteiger charge is 2.39. The summed E-state index contributed by atoms with van der Waals surface area (Å²) in [6.45, 7) is 0. The number of carbonyl (C=O) groups is 1. The summed E-state index contributed by atoms with van der Waals surface area (Å²) < 4.78 is 39.8. The summed E-state index contributed by atoms with van der Waals surface area (Å²) in [5, 5.41) is 14.5. The van der Waals surface area contributed by atoms with Crippen molar-refractivity contribution in [2.45, 2.75) is 12.3 Å². The number of anilines is 3. The van der Waals surface area contributed by atoms with Gasteiger partial charge in [0.1, 0.15) is 17.5 Å². The van der Waals surface area contributed by atoms with Gasteiger partial charge in [0.25, 0.3) is 0 Å². The summed E-state index contributed by atoms with van der Waals surface area (Å²) in [7, 11) is 0. The van der Waals surface area contributed by atoms with E-state index < -0.39 is 23.9 Å². The van der Waals surface area contributed by atoms with Crippen molar-refractivity contribution < 1.29 is 23.1 Å². The van der Waals surface area contributed by atoms with Gasteiger partial charge >= 0.3 is 12.2 Å². The van der Waals surface area contributed by atoms with Gasteiger partial charge in [-0.05, 0) is 42.0 Å². The van der Waals surface area contributed by atoms with E-state index in [1.165, 1.54) is 30.7 Å². The number of amides is 2. The van der Waals surface area contributed by atoms with Gasteiger partial charge in [-0.15, -0.1) is 0 Å². The molecule has 174 valence electrons. The number of hydrogen-bond donors (Lipinski definition) is 4. The van der Waals surface area contributed by atoms with Crippen molar-refractivity contribution >= 4 is 34.3 Å². The number of aliphatic hydroxyl groups is 1. The van der Waals surface area contributed by atoms with Crippen LogP contribution in [0.15, 0.2) is 71.9 Å². The van der Waals surface area contributed by atoms with Crippen molar-refractivity contribution in [3.63, 3.8) is 0 Å². The molecule has 34 heavy (non-hydrogen) atoms. The van der Waals surface area contributed by atoms with Gasteiger partial charge in [-0.3, -0.25) is 4.79 Å². The Kier molecular flexibility index (Phi) is 5.90. The molecule has 2 aromatic heterocycles. The molecule has 5 N–H and O–H groups in total. The average molecular weight is 470 g/mol.